The number of halogens is 1. The van der Waals surface area contributed by atoms with E-state index in [9.17, 15) is 14.0 Å². The van der Waals surface area contributed by atoms with E-state index in [2.05, 4.69) is 35.9 Å². The van der Waals surface area contributed by atoms with Gasteiger partial charge in [-0.15, -0.1) is 11.3 Å². The molecule has 0 bridgehead atoms. The molecule has 1 aliphatic heterocycles. The molecule has 0 saturated heterocycles. The molecule has 1 aliphatic rings. The molecule has 4 heterocycles. The maximum absolute atomic E-state index is 14.1. The number of carbonyl (C=O) groups is 2. The molecule has 9 nitrogen and oxygen atoms in total. The number of nitrogens with zero attached hydrogens (tertiary/aromatic N) is 4. The van der Waals surface area contributed by atoms with Gasteiger partial charge in [-0.05, 0) is 26.0 Å². The van der Waals surface area contributed by atoms with E-state index in [0.717, 1.165) is 4.88 Å². The number of amides is 2. The fourth-order valence-electron chi connectivity index (χ4n) is 3.08. The monoisotopic (exact) mass is 453 g/mol. The summed E-state index contributed by atoms with van der Waals surface area (Å²) in [6, 6.07) is 2.90. The highest BCUT2D eigenvalue weighted by atomic mass is 32.1. The molecule has 11 heteroatoms. The zero-order valence-corrected chi connectivity index (χ0v) is 18.2. The van der Waals surface area contributed by atoms with Gasteiger partial charge in [0.15, 0.2) is 0 Å². The van der Waals surface area contributed by atoms with Gasteiger partial charge in [0, 0.05) is 47.0 Å². The quantitative estimate of drug-likeness (QED) is 0.502. The lowest BCUT2D eigenvalue weighted by molar-refractivity contribution is -0.121. The van der Waals surface area contributed by atoms with Gasteiger partial charge in [-0.3, -0.25) is 14.6 Å². The van der Waals surface area contributed by atoms with Crippen LogP contribution in [-0.4, -0.2) is 31.8 Å². The van der Waals surface area contributed by atoms with Gasteiger partial charge >= 0.3 is 0 Å². The molecule has 0 atom stereocenters. The molecule has 164 valence electrons. The number of aromatic nitrogens is 4. The van der Waals surface area contributed by atoms with Crippen LogP contribution in [0.25, 0.3) is 10.6 Å². The van der Waals surface area contributed by atoms with Crippen LogP contribution in [-0.2, 0) is 21.7 Å². The second kappa shape index (κ2) is 8.79. The summed E-state index contributed by atoms with van der Waals surface area (Å²) in [5.74, 6) is -0.553. The molecule has 3 N–H and O–H groups in total. The molecular formula is C21H20FN7O2S. The fraction of sp³-hybridized carbons (Fsp3) is 0.238. The number of anilines is 1. The third-order valence-electron chi connectivity index (χ3n) is 4.70. The molecule has 0 spiro atoms. The van der Waals surface area contributed by atoms with Gasteiger partial charge < -0.3 is 16.0 Å². The fourth-order valence-corrected chi connectivity index (χ4v) is 3.91. The van der Waals surface area contributed by atoms with Gasteiger partial charge in [0.2, 0.25) is 17.8 Å². The minimum absolute atomic E-state index is 0.0846. The predicted molar refractivity (Wildman–Crippen MR) is 117 cm³/mol. The first-order chi connectivity index (χ1) is 15.3. The van der Waals surface area contributed by atoms with Crippen molar-refractivity contribution in [2.24, 2.45) is 0 Å². The van der Waals surface area contributed by atoms with Crippen LogP contribution in [0.3, 0.4) is 0 Å². The third-order valence-corrected chi connectivity index (χ3v) is 5.75. The summed E-state index contributed by atoms with van der Waals surface area (Å²) < 4.78 is 14.1. The Hall–Kier alpha value is -3.73. The average Bonchev–Trinajstić information content (AvgIpc) is 3.42. The highest BCUT2D eigenvalue weighted by Gasteiger charge is 2.26. The lowest BCUT2D eigenvalue weighted by atomic mass is 9.99. The van der Waals surface area contributed by atoms with Gasteiger partial charge in [-0.1, -0.05) is 0 Å². The van der Waals surface area contributed by atoms with E-state index in [-0.39, 0.29) is 23.9 Å². The van der Waals surface area contributed by atoms with Crippen molar-refractivity contribution >= 4 is 29.1 Å². The Morgan fingerprint density at radius 2 is 2.00 bits per heavy atom. The van der Waals surface area contributed by atoms with Crippen molar-refractivity contribution in [2.75, 3.05) is 5.32 Å². The molecule has 3 aromatic heterocycles. The van der Waals surface area contributed by atoms with Crippen molar-refractivity contribution < 1.29 is 14.0 Å². The molecule has 3 aromatic rings. The van der Waals surface area contributed by atoms with Crippen LogP contribution in [0, 0.1) is 5.82 Å². The zero-order chi connectivity index (χ0) is 22.7. The highest BCUT2D eigenvalue weighted by Crippen LogP contribution is 2.27. The Morgan fingerprint density at radius 3 is 2.69 bits per heavy atom. The number of pyridine rings is 1. The van der Waals surface area contributed by atoms with Crippen molar-refractivity contribution in [1.29, 1.82) is 0 Å². The van der Waals surface area contributed by atoms with E-state index >= 15 is 0 Å². The molecule has 0 aliphatic carbocycles. The van der Waals surface area contributed by atoms with Crippen molar-refractivity contribution in [3.05, 3.63) is 65.1 Å². The lowest BCUT2D eigenvalue weighted by Gasteiger charge is -2.25. The number of thiazole rings is 1. The minimum Gasteiger partial charge on any atom is -0.347 e. The third kappa shape index (κ3) is 4.78. The molecule has 32 heavy (non-hydrogen) atoms. The van der Waals surface area contributed by atoms with E-state index in [1.807, 2.05) is 0 Å². The molecule has 4 rings (SSSR count). The van der Waals surface area contributed by atoms with Crippen molar-refractivity contribution in [3.8, 4) is 10.6 Å². The van der Waals surface area contributed by atoms with Gasteiger partial charge in [-0.25, -0.2) is 19.3 Å². The van der Waals surface area contributed by atoms with Crippen molar-refractivity contribution in [1.82, 2.24) is 30.6 Å². The van der Waals surface area contributed by atoms with Crippen LogP contribution in [0.1, 0.15) is 30.8 Å². The summed E-state index contributed by atoms with van der Waals surface area (Å²) in [6.07, 6.45) is 7.97. The van der Waals surface area contributed by atoms with Crippen LogP contribution in [0.5, 0.6) is 0 Å². The number of hydrogen-bond donors (Lipinski definition) is 3. The molecule has 0 radical (unpaired) electrons. The summed E-state index contributed by atoms with van der Waals surface area (Å²) in [5, 5.41) is 9.07. The summed E-state index contributed by atoms with van der Waals surface area (Å²) in [5.41, 5.74) is 0.583. The molecule has 0 saturated carbocycles. The predicted octanol–water partition coefficient (Wildman–Crippen LogP) is 2.50. The Bertz CT molecular complexity index is 1190. The summed E-state index contributed by atoms with van der Waals surface area (Å²) in [6.45, 7) is 3.89. The van der Waals surface area contributed by atoms with Crippen LogP contribution >= 0.6 is 11.3 Å². The van der Waals surface area contributed by atoms with Crippen LogP contribution in [0.15, 0.2) is 48.7 Å². The molecule has 2 amide bonds. The molecule has 0 fully saturated rings. The van der Waals surface area contributed by atoms with Gasteiger partial charge in [0.05, 0.1) is 18.5 Å². The Labute approximate surface area is 187 Å². The van der Waals surface area contributed by atoms with E-state index in [4.69, 9.17) is 0 Å². The van der Waals surface area contributed by atoms with Crippen LogP contribution in [0.2, 0.25) is 0 Å². The van der Waals surface area contributed by atoms with E-state index in [1.165, 1.54) is 35.9 Å². The standard InChI is InChI=1S/C21H20FN7O2S/c1-21(2,17-15(22)4-3-5-23-17)29-20-27-8-13(9-28-20)19-26-11-14(32-19)10-25-18(31)12-6-16(30)24-7-12/h3-5,7-9,11H,6,10H2,1-2H3,(H,24,30)(H,25,31)(H,27,28,29). The second-order valence-electron chi connectivity index (χ2n) is 7.61. The first kappa shape index (κ1) is 21.5. The second-order valence-corrected chi connectivity index (χ2v) is 8.72. The number of rotatable bonds is 7. The number of nitrogens with one attached hydrogen (secondary N) is 3. The molecule has 0 aromatic carbocycles. The number of carbonyl (C=O) groups excluding carboxylic acids is 2. The summed E-state index contributed by atoms with van der Waals surface area (Å²) in [4.78, 5) is 41.2. The van der Waals surface area contributed by atoms with Crippen molar-refractivity contribution in [2.45, 2.75) is 32.4 Å². The summed E-state index contributed by atoms with van der Waals surface area (Å²) in [7, 11) is 0. The lowest BCUT2D eigenvalue weighted by Crippen LogP contribution is -2.31. The van der Waals surface area contributed by atoms with Gasteiger partial charge in [-0.2, -0.15) is 0 Å². The largest absolute Gasteiger partial charge is 0.347 e. The van der Waals surface area contributed by atoms with Crippen molar-refractivity contribution in [3.63, 3.8) is 0 Å². The SMILES string of the molecule is CC(C)(Nc1ncc(-c2ncc(CNC(=O)C3=CNC(=O)C3)s2)cn1)c1ncccc1F. The topological polar surface area (TPSA) is 122 Å². The van der Waals surface area contributed by atoms with Crippen LogP contribution < -0.4 is 16.0 Å². The average molecular weight is 454 g/mol. The molecule has 0 unspecified atom stereocenters. The van der Waals surface area contributed by atoms with Gasteiger partial charge in [0.25, 0.3) is 0 Å². The van der Waals surface area contributed by atoms with Gasteiger partial charge in [0.1, 0.15) is 16.5 Å². The molecular weight excluding hydrogens is 433 g/mol. The van der Waals surface area contributed by atoms with E-state index in [0.29, 0.717) is 28.6 Å². The smallest absolute Gasteiger partial charge is 0.249 e. The Kier molecular flexibility index (Phi) is 5.91. The first-order valence-corrected chi connectivity index (χ1v) is 10.6. The Balaban J connectivity index is 1.38. The van der Waals surface area contributed by atoms with Crippen LogP contribution in [0.4, 0.5) is 10.3 Å². The maximum Gasteiger partial charge on any atom is 0.249 e. The number of hydrogen-bond acceptors (Lipinski definition) is 8. The summed E-state index contributed by atoms with van der Waals surface area (Å²) >= 11 is 1.40. The maximum atomic E-state index is 14.1. The minimum atomic E-state index is -0.811. The zero-order valence-electron chi connectivity index (χ0n) is 17.3. The normalized spacial score (nSPS) is 13.5. The first-order valence-electron chi connectivity index (χ1n) is 9.75. The highest BCUT2D eigenvalue weighted by molar-refractivity contribution is 7.15. The van der Waals surface area contributed by atoms with E-state index < -0.39 is 11.4 Å². The van der Waals surface area contributed by atoms with E-state index in [1.54, 1.807) is 32.4 Å². The Morgan fingerprint density at radius 1 is 1.22 bits per heavy atom.